The monoisotopic (exact) mass is 223 g/mol. The molecule has 1 nitrogen and oxygen atoms in total. The van der Waals surface area contributed by atoms with Gasteiger partial charge in [-0.05, 0) is 51.5 Å². The van der Waals surface area contributed by atoms with Crippen molar-refractivity contribution in [1.82, 2.24) is 4.90 Å². The van der Waals surface area contributed by atoms with Gasteiger partial charge in [0.05, 0.1) is 0 Å². The lowest BCUT2D eigenvalue weighted by atomic mass is 9.89. The molecule has 0 aromatic rings. The van der Waals surface area contributed by atoms with E-state index in [1.54, 1.807) is 5.57 Å². The van der Waals surface area contributed by atoms with E-state index in [1.807, 2.05) is 0 Å². The number of hydrogen-bond donors (Lipinski definition) is 0. The normalized spacial score (nSPS) is 27.4. The summed E-state index contributed by atoms with van der Waals surface area (Å²) in [5.74, 6) is 0.850. The number of hydrogen-bond acceptors (Lipinski definition) is 1. The van der Waals surface area contributed by atoms with Crippen LogP contribution in [0.25, 0.3) is 0 Å². The fourth-order valence-electron chi connectivity index (χ4n) is 3.07. The van der Waals surface area contributed by atoms with Gasteiger partial charge in [-0.2, -0.15) is 0 Å². The van der Waals surface area contributed by atoms with E-state index in [0.717, 1.165) is 12.0 Å². The molecular weight excluding hydrogens is 194 g/mol. The summed E-state index contributed by atoms with van der Waals surface area (Å²) in [5, 5.41) is 0. The molecule has 0 amide bonds. The molecule has 2 aliphatic carbocycles. The van der Waals surface area contributed by atoms with Crippen LogP contribution in [0.4, 0.5) is 0 Å². The lowest BCUT2D eigenvalue weighted by molar-refractivity contribution is 0.118. The van der Waals surface area contributed by atoms with Gasteiger partial charge in [-0.1, -0.05) is 31.4 Å². The van der Waals surface area contributed by atoms with Crippen molar-refractivity contribution >= 4 is 0 Å². The Kier molecular flexibility index (Phi) is 4.45. The minimum absolute atomic E-state index is 0. The first-order valence-corrected chi connectivity index (χ1v) is 7.22. The molecule has 94 valence electrons. The highest BCUT2D eigenvalue weighted by atomic mass is 15.2. The molecule has 16 heavy (non-hydrogen) atoms. The first-order chi connectivity index (χ1) is 7.81. The number of allylic oxidation sites excluding steroid dienone is 1. The van der Waals surface area contributed by atoms with Crippen LogP contribution in [0.1, 0.15) is 60.2 Å². The van der Waals surface area contributed by atoms with E-state index < -0.39 is 0 Å². The molecule has 1 fully saturated rings. The summed E-state index contributed by atoms with van der Waals surface area (Å²) in [4.78, 5) is 2.73. The van der Waals surface area contributed by atoms with Gasteiger partial charge in [-0.25, -0.2) is 0 Å². The first kappa shape index (κ1) is 12.2. The van der Waals surface area contributed by atoms with Crippen molar-refractivity contribution in [2.24, 2.45) is 5.92 Å². The second kappa shape index (κ2) is 5.86. The maximum absolute atomic E-state index is 2.73. The molecule has 0 N–H and O–H groups in total. The van der Waals surface area contributed by atoms with Gasteiger partial charge in [-0.15, -0.1) is 0 Å². The minimum atomic E-state index is 0. The maximum Gasteiger partial charge on any atom is 0.00954 e. The molecule has 1 unspecified atom stereocenters. The van der Waals surface area contributed by atoms with Crippen LogP contribution >= 0.6 is 0 Å². The Hall–Kier alpha value is -0.300. The molecule has 0 bridgehead atoms. The van der Waals surface area contributed by atoms with Crippen molar-refractivity contribution in [1.29, 1.82) is 0 Å². The third-order valence-electron chi connectivity index (χ3n) is 4.57. The van der Waals surface area contributed by atoms with Gasteiger partial charge in [0.1, 0.15) is 0 Å². The predicted molar refractivity (Wildman–Crippen MR) is 72.7 cm³/mol. The smallest absolute Gasteiger partial charge is 0.00954 e. The van der Waals surface area contributed by atoms with Crippen molar-refractivity contribution in [2.75, 3.05) is 13.1 Å². The summed E-state index contributed by atoms with van der Waals surface area (Å²) in [6.45, 7) is 7.25. The Labute approximate surface area is 102 Å². The molecule has 1 atom stereocenters. The van der Waals surface area contributed by atoms with E-state index in [0.29, 0.717) is 0 Å². The van der Waals surface area contributed by atoms with Crippen LogP contribution in [0.3, 0.4) is 0 Å². The van der Waals surface area contributed by atoms with E-state index in [4.69, 9.17) is 0 Å². The molecular formula is C15H29N. The molecule has 0 aromatic heterocycles. The summed E-state index contributed by atoms with van der Waals surface area (Å²) < 4.78 is 0. The van der Waals surface area contributed by atoms with Gasteiger partial charge in [0.2, 0.25) is 0 Å². The summed E-state index contributed by atoms with van der Waals surface area (Å²) in [5.41, 5.74) is 1.66. The van der Waals surface area contributed by atoms with Crippen LogP contribution in [0.5, 0.6) is 0 Å². The lowest BCUT2D eigenvalue weighted by Crippen LogP contribution is -2.42. The van der Waals surface area contributed by atoms with Gasteiger partial charge in [0, 0.05) is 14.0 Å². The SMILES string of the molecule is CCN(CC1CCCCC=C1C)C1CCC1.[HH]. The van der Waals surface area contributed by atoms with Crippen LogP contribution in [-0.2, 0) is 0 Å². The highest BCUT2D eigenvalue weighted by Gasteiger charge is 2.26. The number of nitrogens with zero attached hydrogens (tertiary/aromatic N) is 1. The fourth-order valence-corrected chi connectivity index (χ4v) is 3.07. The van der Waals surface area contributed by atoms with Gasteiger partial charge in [-0.3, -0.25) is 0 Å². The van der Waals surface area contributed by atoms with Gasteiger partial charge >= 0.3 is 0 Å². The molecule has 0 saturated heterocycles. The highest BCUT2D eigenvalue weighted by Crippen LogP contribution is 2.29. The predicted octanol–water partition coefficient (Wildman–Crippen LogP) is 4.24. The third-order valence-corrected chi connectivity index (χ3v) is 4.57. The second-order valence-electron chi connectivity index (χ2n) is 5.60. The van der Waals surface area contributed by atoms with Crippen LogP contribution in [-0.4, -0.2) is 24.0 Å². The minimum Gasteiger partial charge on any atom is -0.300 e. The van der Waals surface area contributed by atoms with E-state index in [9.17, 15) is 0 Å². The van der Waals surface area contributed by atoms with Gasteiger partial charge in [0.25, 0.3) is 0 Å². The second-order valence-corrected chi connectivity index (χ2v) is 5.60. The van der Waals surface area contributed by atoms with Crippen molar-refractivity contribution in [2.45, 2.75) is 64.8 Å². The highest BCUT2D eigenvalue weighted by molar-refractivity contribution is 5.06. The van der Waals surface area contributed by atoms with E-state index in [2.05, 4.69) is 24.8 Å². The van der Waals surface area contributed by atoms with Gasteiger partial charge < -0.3 is 4.90 Å². The van der Waals surface area contributed by atoms with E-state index >= 15 is 0 Å². The fraction of sp³-hybridized carbons (Fsp3) is 0.867. The molecule has 0 aromatic carbocycles. The van der Waals surface area contributed by atoms with Crippen LogP contribution < -0.4 is 0 Å². The molecule has 1 saturated carbocycles. The Bertz CT molecular complexity index is 245. The molecule has 0 aliphatic heterocycles. The molecule has 2 rings (SSSR count). The van der Waals surface area contributed by atoms with Crippen molar-refractivity contribution in [3.63, 3.8) is 0 Å². The van der Waals surface area contributed by atoms with Crippen molar-refractivity contribution < 1.29 is 1.43 Å². The van der Waals surface area contributed by atoms with Crippen molar-refractivity contribution in [3.05, 3.63) is 11.6 Å². The Balaban J connectivity index is 0.00000144. The molecule has 2 aliphatic rings. The Morgan fingerprint density at radius 2 is 2.06 bits per heavy atom. The lowest BCUT2D eigenvalue weighted by Gasteiger charge is -2.39. The zero-order chi connectivity index (χ0) is 11.4. The zero-order valence-electron chi connectivity index (χ0n) is 11.0. The first-order valence-electron chi connectivity index (χ1n) is 7.22. The van der Waals surface area contributed by atoms with E-state index in [-0.39, 0.29) is 1.43 Å². The van der Waals surface area contributed by atoms with Crippen LogP contribution in [0, 0.1) is 5.92 Å². The summed E-state index contributed by atoms with van der Waals surface area (Å²) in [7, 11) is 0. The quantitative estimate of drug-likeness (QED) is 0.644. The summed E-state index contributed by atoms with van der Waals surface area (Å²) in [6.07, 6.45) is 12.4. The third kappa shape index (κ3) is 2.88. The average molecular weight is 223 g/mol. The summed E-state index contributed by atoms with van der Waals surface area (Å²) in [6, 6.07) is 0.918. The van der Waals surface area contributed by atoms with Crippen LogP contribution in [0.15, 0.2) is 11.6 Å². The zero-order valence-corrected chi connectivity index (χ0v) is 11.0. The Morgan fingerprint density at radius 3 is 2.69 bits per heavy atom. The van der Waals surface area contributed by atoms with Crippen molar-refractivity contribution in [3.8, 4) is 0 Å². The molecule has 0 radical (unpaired) electrons. The summed E-state index contributed by atoms with van der Waals surface area (Å²) >= 11 is 0. The maximum atomic E-state index is 2.73. The standard InChI is InChI=1S/C15H27N.H2/c1-3-16(15-10-7-11-15)12-14-9-6-4-5-8-13(14)2;/h8,14-15H,3-7,9-12H2,1-2H3;1H. The average Bonchev–Trinajstić information content (AvgIpc) is 2.40. The van der Waals surface area contributed by atoms with Gasteiger partial charge in [0.15, 0.2) is 0 Å². The Morgan fingerprint density at radius 1 is 1.25 bits per heavy atom. The molecule has 1 heteroatoms. The topological polar surface area (TPSA) is 3.24 Å². The largest absolute Gasteiger partial charge is 0.300 e. The molecule has 0 heterocycles. The van der Waals surface area contributed by atoms with Crippen LogP contribution in [0.2, 0.25) is 0 Å². The van der Waals surface area contributed by atoms with E-state index in [1.165, 1.54) is 58.0 Å². The molecule has 0 spiro atoms. The number of rotatable bonds is 4.